The zero-order chi connectivity index (χ0) is 25.2. The fraction of sp³-hybridized carbons (Fsp3) is 0.429. The van der Waals surface area contributed by atoms with E-state index < -0.39 is 0 Å². The molecule has 0 saturated carbocycles. The van der Waals surface area contributed by atoms with E-state index in [1.165, 1.54) is 17.0 Å². The summed E-state index contributed by atoms with van der Waals surface area (Å²) in [4.78, 5) is 9.56. The molecule has 0 amide bonds. The lowest BCUT2D eigenvalue weighted by Gasteiger charge is -2.30. The zero-order valence-electron chi connectivity index (χ0n) is 21.2. The molecule has 6 nitrogen and oxygen atoms in total. The largest absolute Gasteiger partial charge is 0.379 e. The molecule has 1 N–H and O–H groups in total. The van der Waals surface area contributed by atoms with Gasteiger partial charge in [0.05, 0.1) is 31.0 Å². The van der Waals surface area contributed by atoms with Crippen molar-refractivity contribution in [3.05, 3.63) is 81.9 Å². The first-order valence-electron chi connectivity index (χ1n) is 12.7. The molecule has 0 bridgehead atoms. The van der Waals surface area contributed by atoms with E-state index in [9.17, 15) is 0 Å². The molecule has 36 heavy (non-hydrogen) atoms. The molecule has 0 aliphatic carbocycles. The van der Waals surface area contributed by atoms with Crippen LogP contribution in [0.25, 0.3) is 5.69 Å². The fourth-order valence-corrected chi connectivity index (χ4v) is 6.07. The lowest BCUT2D eigenvalue weighted by molar-refractivity contribution is 0.0365. The van der Waals surface area contributed by atoms with Gasteiger partial charge in [-0.1, -0.05) is 23.7 Å². The molecule has 2 saturated heterocycles. The van der Waals surface area contributed by atoms with Crippen LogP contribution in [-0.4, -0.2) is 63.9 Å². The number of benzene rings is 1. The van der Waals surface area contributed by atoms with Crippen molar-refractivity contribution in [1.29, 1.82) is 0 Å². The number of aromatic nitrogens is 2. The monoisotopic (exact) mass is 523 g/mol. The zero-order valence-corrected chi connectivity index (χ0v) is 22.8. The summed E-state index contributed by atoms with van der Waals surface area (Å²) in [6, 6.07) is 14.5. The van der Waals surface area contributed by atoms with Crippen molar-refractivity contribution >= 4 is 28.9 Å². The third-order valence-corrected chi connectivity index (χ3v) is 8.21. The second-order valence-electron chi connectivity index (χ2n) is 9.67. The second kappa shape index (κ2) is 10.9. The number of thiocarbonyl (C=S) groups is 1. The van der Waals surface area contributed by atoms with Gasteiger partial charge in [0.1, 0.15) is 0 Å². The number of halogens is 1. The number of hydrogen-bond acceptors (Lipinski definition) is 4. The average molecular weight is 524 g/mol. The first-order valence-corrected chi connectivity index (χ1v) is 13.5. The van der Waals surface area contributed by atoms with Crippen molar-refractivity contribution in [2.24, 2.45) is 0 Å². The molecule has 2 atom stereocenters. The SMILES string of the molecule is Cc1c(Cl)cccc1-n1c(C)cc([C@@H]2[C@H](c3ccccn3)NC(=S)N2CCCN2CCOCC2)c1C. The molecule has 2 aliphatic heterocycles. The summed E-state index contributed by atoms with van der Waals surface area (Å²) in [7, 11) is 0. The van der Waals surface area contributed by atoms with Gasteiger partial charge in [0.25, 0.3) is 0 Å². The third kappa shape index (κ3) is 4.90. The third-order valence-electron chi connectivity index (χ3n) is 7.44. The maximum absolute atomic E-state index is 6.50. The van der Waals surface area contributed by atoms with Gasteiger partial charge in [-0.2, -0.15) is 0 Å². The Bertz CT molecular complexity index is 1220. The van der Waals surface area contributed by atoms with Crippen LogP contribution in [0.1, 0.15) is 46.7 Å². The Morgan fingerprint density at radius 2 is 1.89 bits per heavy atom. The van der Waals surface area contributed by atoms with Gasteiger partial charge >= 0.3 is 0 Å². The van der Waals surface area contributed by atoms with Gasteiger partial charge in [-0.15, -0.1) is 0 Å². The number of rotatable bonds is 7. The summed E-state index contributed by atoms with van der Waals surface area (Å²) < 4.78 is 7.83. The fourth-order valence-electron chi connectivity index (χ4n) is 5.57. The van der Waals surface area contributed by atoms with Gasteiger partial charge in [-0.25, -0.2) is 0 Å². The van der Waals surface area contributed by atoms with Crippen LogP contribution in [0.4, 0.5) is 0 Å². The van der Waals surface area contributed by atoms with Crippen LogP contribution < -0.4 is 5.32 Å². The minimum Gasteiger partial charge on any atom is -0.379 e. The van der Waals surface area contributed by atoms with Crippen molar-refractivity contribution in [3.63, 3.8) is 0 Å². The Labute approximate surface area is 224 Å². The van der Waals surface area contributed by atoms with Crippen molar-refractivity contribution in [2.75, 3.05) is 39.4 Å². The summed E-state index contributed by atoms with van der Waals surface area (Å²) >= 11 is 12.4. The number of nitrogens with one attached hydrogen (secondary N) is 1. The minimum absolute atomic E-state index is 0.0171. The van der Waals surface area contributed by atoms with Crippen LogP contribution in [0, 0.1) is 20.8 Å². The molecule has 0 radical (unpaired) electrons. The maximum Gasteiger partial charge on any atom is 0.170 e. The predicted molar refractivity (Wildman–Crippen MR) is 149 cm³/mol. The molecule has 8 heteroatoms. The molecule has 190 valence electrons. The molecule has 4 heterocycles. The van der Waals surface area contributed by atoms with Gasteiger partial charge in [0.15, 0.2) is 5.11 Å². The lowest BCUT2D eigenvalue weighted by atomic mass is 9.96. The lowest BCUT2D eigenvalue weighted by Crippen LogP contribution is -2.39. The summed E-state index contributed by atoms with van der Waals surface area (Å²) in [6.07, 6.45) is 2.90. The summed E-state index contributed by atoms with van der Waals surface area (Å²) in [5.74, 6) is 0. The number of aryl methyl sites for hydroxylation is 1. The Kier molecular flexibility index (Phi) is 7.62. The predicted octanol–water partition coefficient (Wildman–Crippen LogP) is 5.15. The van der Waals surface area contributed by atoms with E-state index in [-0.39, 0.29) is 12.1 Å². The van der Waals surface area contributed by atoms with E-state index >= 15 is 0 Å². The van der Waals surface area contributed by atoms with Crippen LogP contribution in [0.15, 0.2) is 48.7 Å². The van der Waals surface area contributed by atoms with Crippen LogP contribution in [0.5, 0.6) is 0 Å². The highest BCUT2D eigenvalue weighted by molar-refractivity contribution is 7.80. The van der Waals surface area contributed by atoms with Crippen molar-refractivity contribution < 1.29 is 4.74 Å². The van der Waals surface area contributed by atoms with Gasteiger partial charge < -0.3 is 19.5 Å². The molecular weight excluding hydrogens is 490 g/mol. The van der Waals surface area contributed by atoms with E-state index in [1.807, 2.05) is 30.5 Å². The normalized spacial score (nSPS) is 20.7. The van der Waals surface area contributed by atoms with Crippen LogP contribution in [0.3, 0.4) is 0 Å². The van der Waals surface area contributed by atoms with E-state index in [0.29, 0.717) is 0 Å². The second-order valence-corrected chi connectivity index (χ2v) is 10.5. The standard InChI is InChI=1S/C28H34ClN5OS/c1-19-18-22(21(3)34(19)25-10-6-8-23(29)20(25)2)27-26(24-9-4-5-11-30-24)31-28(36)33(27)13-7-12-32-14-16-35-17-15-32/h4-6,8-11,18,26-27H,7,12-17H2,1-3H3,(H,31,36)/t26-,27+/m0/s1. The summed E-state index contributed by atoms with van der Waals surface area (Å²) in [6.45, 7) is 12.0. The van der Waals surface area contributed by atoms with E-state index in [4.69, 9.17) is 33.5 Å². The van der Waals surface area contributed by atoms with Crippen LogP contribution in [0.2, 0.25) is 5.02 Å². The Balaban J connectivity index is 1.50. The molecular formula is C28H34ClN5OS. The Hall–Kier alpha value is -2.45. The number of nitrogens with zero attached hydrogens (tertiary/aromatic N) is 4. The highest BCUT2D eigenvalue weighted by Gasteiger charge is 2.41. The molecule has 5 rings (SSSR count). The summed E-state index contributed by atoms with van der Waals surface area (Å²) in [5, 5.41) is 5.18. The Morgan fingerprint density at radius 3 is 2.64 bits per heavy atom. The molecule has 2 aliphatic rings. The quantitative estimate of drug-likeness (QED) is 0.432. The molecule has 0 unspecified atom stereocenters. The minimum atomic E-state index is -0.0171. The topological polar surface area (TPSA) is 45.6 Å². The van der Waals surface area contributed by atoms with Crippen molar-refractivity contribution in [3.8, 4) is 5.69 Å². The van der Waals surface area contributed by atoms with Gasteiger partial charge in [0.2, 0.25) is 0 Å². The molecule has 2 aromatic heterocycles. The number of hydrogen-bond donors (Lipinski definition) is 1. The van der Waals surface area contributed by atoms with E-state index in [0.717, 1.165) is 72.9 Å². The average Bonchev–Trinajstić information content (AvgIpc) is 3.37. The Morgan fingerprint density at radius 1 is 1.08 bits per heavy atom. The van der Waals surface area contributed by atoms with Gasteiger partial charge in [-0.05, 0) is 80.9 Å². The number of pyridine rings is 1. The van der Waals surface area contributed by atoms with E-state index in [1.54, 1.807) is 0 Å². The highest BCUT2D eigenvalue weighted by atomic mass is 35.5. The summed E-state index contributed by atoms with van der Waals surface area (Å²) in [5.41, 5.74) is 6.85. The smallest absolute Gasteiger partial charge is 0.170 e. The van der Waals surface area contributed by atoms with Crippen LogP contribution in [-0.2, 0) is 4.74 Å². The molecule has 1 aromatic carbocycles. The van der Waals surface area contributed by atoms with Gasteiger partial charge in [-0.3, -0.25) is 9.88 Å². The maximum atomic E-state index is 6.50. The first-order chi connectivity index (χ1) is 17.5. The number of ether oxygens (including phenoxy) is 1. The first kappa shape index (κ1) is 25.2. The van der Waals surface area contributed by atoms with Gasteiger partial charge in [0, 0.05) is 54.5 Å². The number of morpholine rings is 1. The van der Waals surface area contributed by atoms with Crippen molar-refractivity contribution in [1.82, 2.24) is 24.7 Å². The van der Waals surface area contributed by atoms with Crippen LogP contribution >= 0.6 is 23.8 Å². The van der Waals surface area contributed by atoms with Crippen molar-refractivity contribution in [2.45, 2.75) is 39.3 Å². The molecule has 3 aromatic rings. The molecule has 0 spiro atoms. The highest BCUT2D eigenvalue weighted by Crippen LogP contribution is 2.41. The van der Waals surface area contributed by atoms with E-state index in [2.05, 4.69) is 58.7 Å². The molecule has 2 fully saturated rings.